The minimum Gasteiger partial charge on any atom is -0.392 e. The van der Waals surface area contributed by atoms with Gasteiger partial charge in [-0.1, -0.05) is 6.07 Å². The van der Waals surface area contributed by atoms with Crippen LogP contribution >= 0.6 is 15.9 Å². The smallest absolute Gasteiger partial charge is 0.242 e. The van der Waals surface area contributed by atoms with Crippen LogP contribution in [-0.2, 0) is 16.6 Å². The van der Waals surface area contributed by atoms with Crippen molar-refractivity contribution < 1.29 is 13.5 Å². The van der Waals surface area contributed by atoms with Crippen molar-refractivity contribution in [3.63, 3.8) is 0 Å². The number of aromatic nitrogens is 3. The number of H-pyrrole nitrogens is 1. The standard InChI is InChI=1S/C12H15BrN4O3S/c1-7-3-9(5-18)4-10(11(7)13)21(19,20)17-8(2)12-14-6-15-16-12/h3-4,6,8,17-18H,5H2,1-2H3,(H,14,15,16). The lowest BCUT2D eigenvalue weighted by molar-refractivity contribution is 0.281. The van der Waals surface area contributed by atoms with Crippen LogP contribution in [0.4, 0.5) is 0 Å². The molecule has 0 amide bonds. The number of aliphatic hydroxyl groups is 1. The number of hydrogen-bond acceptors (Lipinski definition) is 5. The summed E-state index contributed by atoms with van der Waals surface area (Å²) < 4.78 is 28.0. The Morgan fingerprint density at radius 1 is 1.48 bits per heavy atom. The highest BCUT2D eigenvalue weighted by Gasteiger charge is 2.23. The van der Waals surface area contributed by atoms with Crippen LogP contribution in [0.3, 0.4) is 0 Å². The van der Waals surface area contributed by atoms with Crippen LogP contribution in [0, 0.1) is 6.92 Å². The highest BCUT2D eigenvalue weighted by Crippen LogP contribution is 2.28. The molecule has 0 radical (unpaired) electrons. The van der Waals surface area contributed by atoms with E-state index in [9.17, 15) is 13.5 Å². The van der Waals surface area contributed by atoms with Gasteiger partial charge in [-0.05, 0) is 47.0 Å². The molecule has 1 aromatic carbocycles. The third kappa shape index (κ3) is 3.49. The Kier molecular flexibility index (Phi) is 4.77. The Balaban J connectivity index is 2.38. The van der Waals surface area contributed by atoms with Gasteiger partial charge in [0, 0.05) is 4.47 Å². The van der Waals surface area contributed by atoms with Crippen molar-refractivity contribution in [1.29, 1.82) is 0 Å². The second-order valence-corrected chi connectivity index (χ2v) is 7.07. The van der Waals surface area contributed by atoms with Crippen molar-refractivity contribution in [1.82, 2.24) is 19.9 Å². The number of benzene rings is 1. The number of hydrogen-bond donors (Lipinski definition) is 3. The van der Waals surface area contributed by atoms with Crippen LogP contribution in [0.1, 0.15) is 29.9 Å². The molecule has 21 heavy (non-hydrogen) atoms. The number of sulfonamides is 1. The fourth-order valence-electron chi connectivity index (χ4n) is 1.87. The monoisotopic (exact) mass is 374 g/mol. The van der Waals surface area contributed by atoms with Crippen molar-refractivity contribution in [3.8, 4) is 0 Å². The maximum Gasteiger partial charge on any atom is 0.242 e. The summed E-state index contributed by atoms with van der Waals surface area (Å²) in [6, 6.07) is 2.61. The lowest BCUT2D eigenvalue weighted by Crippen LogP contribution is -2.28. The molecule has 1 heterocycles. The molecule has 0 aliphatic rings. The average molecular weight is 375 g/mol. The normalized spacial score (nSPS) is 13.3. The molecule has 9 heteroatoms. The summed E-state index contributed by atoms with van der Waals surface area (Å²) in [6.07, 6.45) is 1.31. The van der Waals surface area contributed by atoms with E-state index in [1.807, 2.05) is 0 Å². The predicted molar refractivity (Wildman–Crippen MR) is 79.9 cm³/mol. The maximum atomic E-state index is 12.5. The average Bonchev–Trinajstić information content (AvgIpc) is 2.95. The molecule has 1 atom stereocenters. The first kappa shape index (κ1) is 16.1. The molecule has 1 unspecified atom stereocenters. The maximum absolute atomic E-state index is 12.5. The number of nitrogens with zero attached hydrogens (tertiary/aromatic N) is 2. The highest BCUT2D eigenvalue weighted by atomic mass is 79.9. The van der Waals surface area contributed by atoms with Gasteiger partial charge in [0.1, 0.15) is 12.2 Å². The molecule has 0 bridgehead atoms. The largest absolute Gasteiger partial charge is 0.392 e. The van der Waals surface area contributed by atoms with Crippen LogP contribution < -0.4 is 4.72 Å². The Labute approximate surface area is 131 Å². The predicted octanol–water partition coefficient (Wildman–Crippen LogP) is 1.41. The van der Waals surface area contributed by atoms with Gasteiger partial charge in [-0.3, -0.25) is 5.10 Å². The van der Waals surface area contributed by atoms with Gasteiger partial charge < -0.3 is 5.11 Å². The zero-order valence-electron chi connectivity index (χ0n) is 11.5. The van der Waals surface area contributed by atoms with Crippen LogP contribution in [0.2, 0.25) is 0 Å². The second kappa shape index (κ2) is 6.22. The third-order valence-corrected chi connectivity index (χ3v) is 5.81. The molecule has 0 saturated carbocycles. The Morgan fingerprint density at radius 3 is 2.76 bits per heavy atom. The fourth-order valence-corrected chi connectivity index (χ4v) is 4.15. The summed E-state index contributed by atoms with van der Waals surface area (Å²) in [5.74, 6) is 0.421. The van der Waals surface area contributed by atoms with Crippen molar-refractivity contribution in [2.45, 2.75) is 31.4 Å². The van der Waals surface area contributed by atoms with Gasteiger partial charge in [0.05, 0.1) is 17.5 Å². The first-order chi connectivity index (χ1) is 9.85. The zero-order valence-corrected chi connectivity index (χ0v) is 13.9. The van der Waals surface area contributed by atoms with E-state index < -0.39 is 16.1 Å². The Bertz CT molecular complexity index is 731. The number of aliphatic hydroxyl groups excluding tert-OH is 1. The van der Waals surface area contributed by atoms with Crippen molar-refractivity contribution in [2.24, 2.45) is 0 Å². The molecule has 1 aromatic heterocycles. The van der Waals surface area contributed by atoms with E-state index >= 15 is 0 Å². The molecule has 2 rings (SSSR count). The van der Waals surface area contributed by atoms with E-state index in [-0.39, 0.29) is 11.5 Å². The summed E-state index contributed by atoms with van der Waals surface area (Å²) >= 11 is 3.28. The molecule has 0 aliphatic heterocycles. The molecular weight excluding hydrogens is 360 g/mol. The van der Waals surface area contributed by atoms with Gasteiger partial charge in [-0.15, -0.1) is 0 Å². The number of aryl methyl sites for hydroxylation is 1. The van der Waals surface area contributed by atoms with Gasteiger partial charge in [0.15, 0.2) is 0 Å². The lowest BCUT2D eigenvalue weighted by Gasteiger charge is -2.15. The molecule has 114 valence electrons. The lowest BCUT2D eigenvalue weighted by atomic mass is 10.1. The SMILES string of the molecule is Cc1cc(CO)cc(S(=O)(=O)NC(C)c2ncn[nH]2)c1Br. The molecular formula is C12H15BrN4O3S. The summed E-state index contributed by atoms with van der Waals surface area (Å²) in [5, 5.41) is 15.5. The first-order valence-corrected chi connectivity index (χ1v) is 8.40. The summed E-state index contributed by atoms with van der Waals surface area (Å²) in [5.41, 5.74) is 1.26. The zero-order chi connectivity index (χ0) is 15.6. The second-order valence-electron chi connectivity index (χ2n) is 4.60. The van der Waals surface area contributed by atoms with Crippen molar-refractivity contribution in [2.75, 3.05) is 0 Å². The minimum atomic E-state index is -3.77. The van der Waals surface area contributed by atoms with E-state index in [0.717, 1.165) is 5.56 Å². The Hall–Kier alpha value is -1.29. The van der Waals surface area contributed by atoms with E-state index in [1.54, 1.807) is 19.9 Å². The van der Waals surface area contributed by atoms with Crippen LogP contribution in [0.15, 0.2) is 27.8 Å². The van der Waals surface area contributed by atoms with Gasteiger partial charge >= 0.3 is 0 Å². The molecule has 7 nitrogen and oxygen atoms in total. The summed E-state index contributed by atoms with van der Waals surface area (Å²) in [7, 11) is -3.77. The molecule has 0 fully saturated rings. The quantitative estimate of drug-likeness (QED) is 0.732. The van der Waals surface area contributed by atoms with Gasteiger partial charge in [-0.25, -0.2) is 18.1 Å². The van der Waals surface area contributed by atoms with Crippen molar-refractivity contribution in [3.05, 3.63) is 39.9 Å². The van der Waals surface area contributed by atoms with E-state index in [2.05, 4.69) is 35.8 Å². The molecule has 0 aliphatic carbocycles. The highest BCUT2D eigenvalue weighted by molar-refractivity contribution is 9.10. The van der Waals surface area contributed by atoms with Crippen molar-refractivity contribution >= 4 is 26.0 Å². The summed E-state index contributed by atoms with van der Waals surface area (Å²) in [4.78, 5) is 4.00. The fraction of sp³-hybridized carbons (Fsp3) is 0.333. The van der Waals surface area contributed by atoms with Crippen LogP contribution in [-0.4, -0.2) is 28.7 Å². The van der Waals surface area contributed by atoms with E-state index in [4.69, 9.17) is 0 Å². The van der Waals surface area contributed by atoms with Crippen LogP contribution in [0.5, 0.6) is 0 Å². The van der Waals surface area contributed by atoms with Gasteiger partial charge in [0.2, 0.25) is 10.0 Å². The third-order valence-electron chi connectivity index (χ3n) is 2.93. The Morgan fingerprint density at radius 2 is 2.19 bits per heavy atom. The molecule has 0 spiro atoms. The molecule has 0 saturated heterocycles. The summed E-state index contributed by atoms with van der Waals surface area (Å²) in [6.45, 7) is 3.20. The van der Waals surface area contributed by atoms with Gasteiger partial charge in [-0.2, -0.15) is 5.10 Å². The number of halogens is 1. The van der Waals surface area contributed by atoms with Crippen LogP contribution in [0.25, 0.3) is 0 Å². The molecule has 2 aromatic rings. The van der Waals surface area contributed by atoms with Gasteiger partial charge in [0.25, 0.3) is 0 Å². The minimum absolute atomic E-state index is 0.0814. The number of aromatic amines is 1. The molecule has 3 N–H and O–H groups in total. The first-order valence-electron chi connectivity index (χ1n) is 6.12. The van der Waals surface area contributed by atoms with E-state index in [0.29, 0.717) is 15.9 Å². The van der Waals surface area contributed by atoms with E-state index in [1.165, 1.54) is 12.4 Å². The topological polar surface area (TPSA) is 108 Å². The number of nitrogens with one attached hydrogen (secondary N) is 2. The number of rotatable bonds is 5.